The minimum Gasteiger partial charge on any atom is -0.378 e. The van der Waals surface area contributed by atoms with Crippen LogP contribution in [0.2, 0.25) is 0 Å². The van der Waals surface area contributed by atoms with E-state index in [-0.39, 0.29) is 62.8 Å². The largest absolute Gasteiger partial charge is 0.378 e. The summed E-state index contributed by atoms with van der Waals surface area (Å²) in [5.41, 5.74) is 7.41. The summed E-state index contributed by atoms with van der Waals surface area (Å²) in [6.45, 7) is 6.12. The summed E-state index contributed by atoms with van der Waals surface area (Å²) in [4.78, 5) is 76.2. The Morgan fingerprint density at radius 3 is 2.24 bits per heavy atom. The smallest absolute Gasteiger partial charge is 0.296 e. The highest BCUT2D eigenvalue weighted by Gasteiger charge is 2.40. The molecule has 0 radical (unpaired) electrons. The topological polar surface area (TPSA) is 215 Å². The normalized spacial score (nSPS) is 15.8. The summed E-state index contributed by atoms with van der Waals surface area (Å²) >= 11 is 0. The summed E-state index contributed by atoms with van der Waals surface area (Å²) in [5, 5.41) is 17.6. The van der Waals surface area contributed by atoms with Crippen LogP contribution in [0, 0.1) is 11.8 Å². The quantitative estimate of drug-likeness (QED) is 0.0289. The van der Waals surface area contributed by atoms with Gasteiger partial charge >= 0.3 is 0 Å². The minimum absolute atomic E-state index is 0.150. The lowest BCUT2D eigenvalue weighted by molar-refractivity contribution is -0.137. The average molecular weight is 912 g/mol. The zero-order valence-electron chi connectivity index (χ0n) is 37.2. The number of piperidine rings is 1. The van der Waals surface area contributed by atoms with Crippen LogP contribution in [0.25, 0.3) is 11.3 Å². The van der Waals surface area contributed by atoms with E-state index < -0.39 is 17.9 Å². The van der Waals surface area contributed by atoms with Crippen LogP contribution in [-0.2, 0) is 56.0 Å². The summed E-state index contributed by atoms with van der Waals surface area (Å²) < 4.78 is 22.3. The molecule has 1 saturated heterocycles. The van der Waals surface area contributed by atoms with Crippen molar-refractivity contribution in [2.45, 2.75) is 38.9 Å². The van der Waals surface area contributed by atoms with Gasteiger partial charge in [0, 0.05) is 72.1 Å². The minimum atomic E-state index is -0.741. The molecule has 0 saturated carbocycles. The fourth-order valence-corrected chi connectivity index (χ4v) is 7.66. The molecule has 7 rings (SSSR count). The lowest BCUT2D eigenvalue weighted by Gasteiger charge is -2.29. The third-order valence-corrected chi connectivity index (χ3v) is 10.9. The van der Waals surface area contributed by atoms with Crippen molar-refractivity contribution in [2.75, 3.05) is 81.9 Å². The van der Waals surface area contributed by atoms with Crippen molar-refractivity contribution in [2.24, 2.45) is 0 Å². The number of carbonyl (C=O) groups is 6. The molecule has 0 spiro atoms. The molecule has 3 aliphatic rings. The Morgan fingerprint density at radius 1 is 0.776 bits per heavy atom. The first-order valence-corrected chi connectivity index (χ1v) is 22.2. The van der Waals surface area contributed by atoms with E-state index in [0.717, 1.165) is 22.4 Å². The van der Waals surface area contributed by atoms with Crippen LogP contribution in [0.15, 0.2) is 91.0 Å². The molecule has 17 nitrogen and oxygen atoms in total. The number of hydrogen-bond acceptors (Lipinski definition) is 12. The number of ether oxygens (including phenoxy) is 4. The predicted molar refractivity (Wildman–Crippen MR) is 250 cm³/mol. The van der Waals surface area contributed by atoms with Crippen LogP contribution < -0.4 is 31.9 Å². The van der Waals surface area contributed by atoms with Crippen molar-refractivity contribution in [3.63, 3.8) is 0 Å². The van der Waals surface area contributed by atoms with E-state index in [9.17, 15) is 28.8 Å². The molecule has 0 aliphatic carbocycles. The summed E-state index contributed by atoms with van der Waals surface area (Å²) in [7, 11) is 0. The highest BCUT2D eigenvalue weighted by Crippen LogP contribution is 2.38. The Labute approximate surface area is 388 Å². The average Bonchev–Trinajstić information content (AvgIpc) is 3.84. The van der Waals surface area contributed by atoms with Gasteiger partial charge < -0.3 is 50.4 Å². The first-order chi connectivity index (χ1) is 32.7. The van der Waals surface area contributed by atoms with Gasteiger partial charge in [-0.2, -0.15) is 0 Å². The molecule has 4 aromatic carbocycles. The molecule has 17 heteroatoms. The van der Waals surface area contributed by atoms with E-state index in [1.165, 1.54) is 4.90 Å². The Morgan fingerprint density at radius 2 is 1.51 bits per heavy atom. The van der Waals surface area contributed by atoms with Crippen molar-refractivity contribution in [1.29, 1.82) is 0 Å². The van der Waals surface area contributed by atoms with Gasteiger partial charge in [0.1, 0.15) is 12.6 Å². The highest BCUT2D eigenvalue weighted by molar-refractivity contribution is 6.37. The molecule has 3 aliphatic heterocycles. The number of fused-ring (bicyclic) bond motifs is 2. The van der Waals surface area contributed by atoms with Gasteiger partial charge in [-0.3, -0.25) is 34.1 Å². The van der Waals surface area contributed by atoms with Gasteiger partial charge in [-0.25, -0.2) is 0 Å². The third-order valence-electron chi connectivity index (χ3n) is 10.9. The number of nitrogens with one attached hydrogen (secondary N) is 6. The number of benzene rings is 4. The van der Waals surface area contributed by atoms with Crippen LogP contribution >= 0.6 is 0 Å². The van der Waals surface area contributed by atoms with Gasteiger partial charge in [-0.15, -0.1) is 0 Å². The number of amides is 6. The number of hydrogen-bond donors (Lipinski definition) is 6. The lowest BCUT2D eigenvalue weighted by atomic mass is 9.99. The van der Waals surface area contributed by atoms with E-state index in [1.807, 2.05) is 67.6 Å². The van der Waals surface area contributed by atoms with Crippen LogP contribution in [0.4, 0.5) is 17.1 Å². The monoisotopic (exact) mass is 911 g/mol. The van der Waals surface area contributed by atoms with Crippen molar-refractivity contribution in [1.82, 2.24) is 20.9 Å². The van der Waals surface area contributed by atoms with Crippen LogP contribution in [0.5, 0.6) is 0 Å². The molecule has 3 heterocycles. The Balaban J connectivity index is 0.739. The van der Waals surface area contributed by atoms with Gasteiger partial charge in [-0.1, -0.05) is 60.5 Å². The molecule has 67 heavy (non-hydrogen) atoms. The van der Waals surface area contributed by atoms with E-state index in [0.29, 0.717) is 92.0 Å². The predicted octanol–water partition coefficient (Wildman–Crippen LogP) is 3.66. The second kappa shape index (κ2) is 23.8. The van der Waals surface area contributed by atoms with E-state index in [2.05, 4.69) is 43.7 Å². The first-order valence-electron chi connectivity index (χ1n) is 22.2. The van der Waals surface area contributed by atoms with Crippen LogP contribution in [-0.4, -0.2) is 112 Å². The molecule has 6 amide bonds. The Kier molecular flexibility index (Phi) is 17.0. The SMILES string of the molecule is CCNC(=O)C#Cc1ccc2c(c1)NC(=O)/C2=C(\Nc1ccc(CNCCOCCOCCOCCOCC(=O)Nc2cccc3c2CN(C2CCC(=O)NC2=O)C3=O)cc1)c1ccccc1. The zero-order valence-corrected chi connectivity index (χ0v) is 37.2. The first kappa shape index (κ1) is 47.8. The number of imide groups is 1. The molecule has 4 aromatic rings. The molecular formula is C50H53N7O10. The van der Waals surface area contributed by atoms with E-state index in [4.69, 9.17) is 18.9 Å². The number of carbonyl (C=O) groups excluding carboxylic acids is 6. The molecule has 348 valence electrons. The molecule has 1 fully saturated rings. The Hall–Kier alpha value is -7.20. The number of nitrogens with zero attached hydrogens (tertiary/aromatic N) is 1. The molecule has 6 N–H and O–H groups in total. The summed E-state index contributed by atoms with van der Waals surface area (Å²) in [6.07, 6.45) is 0.416. The summed E-state index contributed by atoms with van der Waals surface area (Å²) in [6, 6.07) is 27.4. The maximum absolute atomic E-state index is 13.4. The third kappa shape index (κ3) is 13.0. The van der Waals surface area contributed by atoms with Gasteiger partial charge in [0.2, 0.25) is 17.7 Å². The van der Waals surface area contributed by atoms with Crippen molar-refractivity contribution >= 4 is 63.8 Å². The van der Waals surface area contributed by atoms with Gasteiger partial charge in [0.25, 0.3) is 17.7 Å². The maximum Gasteiger partial charge on any atom is 0.296 e. The van der Waals surface area contributed by atoms with Gasteiger partial charge in [0.15, 0.2) is 0 Å². The Bertz CT molecular complexity index is 2550. The maximum atomic E-state index is 13.4. The second-order valence-electron chi connectivity index (χ2n) is 15.6. The molecule has 1 unspecified atom stereocenters. The van der Waals surface area contributed by atoms with Crippen molar-refractivity contribution in [3.8, 4) is 11.8 Å². The van der Waals surface area contributed by atoms with Crippen LogP contribution in [0.1, 0.15) is 57.9 Å². The fourth-order valence-electron chi connectivity index (χ4n) is 7.66. The van der Waals surface area contributed by atoms with Gasteiger partial charge in [-0.05, 0) is 60.9 Å². The lowest BCUT2D eigenvalue weighted by Crippen LogP contribution is -2.52. The van der Waals surface area contributed by atoms with E-state index >= 15 is 0 Å². The zero-order chi connectivity index (χ0) is 47.0. The van der Waals surface area contributed by atoms with E-state index in [1.54, 1.807) is 30.3 Å². The van der Waals surface area contributed by atoms with Crippen LogP contribution in [0.3, 0.4) is 0 Å². The summed E-state index contributed by atoms with van der Waals surface area (Å²) in [5.74, 6) is 3.28. The molecule has 0 aromatic heterocycles. The van der Waals surface area contributed by atoms with Gasteiger partial charge in [0.05, 0.1) is 63.2 Å². The van der Waals surface area contributed by atoms with Crippen molar-refractivity contribution in [3.05, 3.63) is 124 Å². The fraction of sp³-hybridized carbons (Fsp3) is 0.320. The number of anilines is 3. The highest BCUT2D eigenvalue weighted by atomic mass is 16.6. The van der Waals surface area contributed by atoms with Crippen molar-refractivity contribution < 1.29 is 47.7 Å². The molecular weight excluding hydrogens is 859 g/mol. The second-order valence-corrected chi connectivity index (χ2v) is 15.6. The number of rotatable bonds is 22. The molecule has 0 bridgehead atoms. The molecule has 1 atom stereocenters. The standard InChI is InChI=1S/C50H53N7O10/c1-2-52-43(58)19-14-33-13-17-38-41(29-33)55-49(62)46(38)47(35-7-4-3-5-8-35)53-36-15-11-34(12-16-36)30-51-21-22-64-23-24-65-25-26-66-27-28-67-32-45(60)54-40-10-6-9-37-39(40)31-57(50(37)63)42-18-20-44(59)56-48(42)61/h3-13,15-17,29,42,51,53H,2,18,20-28,30-32H2,1H3,(H,52,58)(H,54,60)(H,55,62)(H,56,59,61)/b47-46-.